The Morgan fingerprint density at radius 2 is 1.88 bits per heavy atom. The average Bonchev–Trinajstić information content (AvgIpc) is 2.29. The summed E-state index contributed by atoms with van der Waals surface area (Å²) in [6, 6.07) is 10.2. The molecule has 0 aliphatic heterocycles. The number of hydrogen-bond acceptors (Lipinski definition) is 2. The molecule has 0 heterocycles. The molecule has 17 heavy (non-hydrogen) atoms. The van der Waals surface area contributed by atoms with Crippen molar-refractivity contribution in [2.45, 2.75) is 45.8 Å². The molecule has 0 spiro atoms. The quantitative estimate of drug-likeness (QED) is 0.701. The third-order valence-electron chi connectivity index (χ3n) is 2.84. The van der Waals surface area contributed by atoms with Gasteiger partial charge in [0.15, 0.2) is 0 Å². The highest BCUT2D eigenvalue weighted by atomic mass is 16.5. The lowest BCUT2D eigenvalue weighted by Gasteiger charge is -2.13. The minimum Gasteiger partial charge on any atom is -0.393 e. The van der Waals surface area contributed by atoms with Gasteiger partial charge in [-0.15, -0.1) is 0 Å². The Kier molecular flexibility index (Phi) is 6.90. The Morgan fingerprint density at radius 3 is 2.53 bits per heavy atom. The van der Waals surface area contributed by atoms with Gasteiger partial charge in [-0.3, -0.25) is 0 Å². The molecule has 0 saturated heterocycles. The fourth-order valence-corrected chi connectivity index (χ4v) is 2.00. The summed E-state index contributed by atoms with van der Waals surface area (Å²) in [4.78, 5) is 0. The molecule has 1 aromatic rings. The zero-order valence-electron chi connectivity index (χ0n) is 10.9. The summed E-state index contributed by atoms with van der Waals surface area (Å²) in [7, 11) is 0. The molecular weight excluding hydrogens is 212 g/mol. The molecule has 2 nitrogen and oxygen atoms in total. The van der Waals surface area contributed by atoms with Gasteiger partial charge in [-0.25, -0.2) is 0 Å². The second-order valence-electron chi connectivity index (χ2n) is 4.87. The molecule has 0 aromatic heterocycles. The SMILES string of the molecule is CC(O)CC(C)CCCOCc1ccccc1. The number of aliphatic hydroxyl groups is 1. The summed E-state index contributed by atoms with van der Waals surface area (Å²) in [6.07, 6.45) is 2.90. The van der Waals surface area contributed by atoms with Crippen LogP contribution >= 0.6 is 0 Å². The molecule has 1 rings (SSSR count). The van der Waals surface area contributed by atoms with Crippen molar-refractivity contribution in [1.29, 1.82) is 0 Å². The van der Waals surface area contributed by atoms with Gasteiger partial charge in [0.1, 0.15) is 0 Å². The third-order valence-corrected chi connectivity index (χ3v) is 2.84. The van der Waals surface area contributed by atoms with Crippen LogP contribution in [0.4, 0.5) is 0 Å². The van der Waals surface area contributed by atoms with Crippen molar-refractivity contribution in [3.8, 4) is 0 Å². The second kappa shape index (κ2) is 8.26. The van der Waals surface area contributed by atoms with Gasteiger partial charge in [-0.1, -0.05) is 37.3 Å². The first kappa shape index (κ1) is 14.2. The molecule has 0 fully saturated rings. The normalized spacial score (nSPS) is 14.5. The van der Waals surface area contributed by atoms with Crippen LogP contribution < -0.4 is 0 Å². The van der Waals surface area contributed by atoms with E-state index in [-0.39, 0.29) is 6.10 Å². The lowest BCUT2D eigenvalue weighted by Crippen LogP contribution is -2.08. The van der Waals surface area contributed by atoms with E-state index in [1.165, 1.54) is 5.56 Å². The monoisotopic (exact) mass is 236 g/mol. The molecule has 2 unspecified atom stereocenters. The summed E-state index contributed by atoms with van der Waals surface area (Å²) in [5.41, 5.74) is 1.23. The Morgan fingerprint density at radius 1 is 1.18 bits per heavy atom. The molecule has 0 bridgehead atoms. The maximum absolute atomic E-state index is 9.24. The number of hydrogen-bond donors (Lipinski definition) is 1. The van der Waals surface area contributed by atoms with Crippen molar-refractivity contribution in [2.24, 2.45) is 5.92 Å². The van der Waals surface area contributed by atoms with Gasteiger partial charge in [-0.2, -0.15) is 0 Å². The molecule has 0 radical (unpaired) electrons. The zero-order valence-corrected chi connectivity index (χ0v) is 10.9. The highest BCUT2D eigenvalue weighted by Gasteiger charge is 2.05. The molecule has 1 aromatic carbocycles. The van der Waals surface area contributed by atoms with E-state index in [4.69, 9.17) is 4.74 Å². The molecule has 96 valence electrons. The zero-order chi connectivity index (χ0) is 12.5. The first-order valence-electron chi connectivity index (χ1n) is 6.48. The summed E-state index contributed by atoms with van der Waals surface area (Å²) in [6.45, 7) is 5.54. The van der Waals surface area contributed by atoms with Crippen LogP contribution in [0.2, 0.25) is 0 Å². The van der Waals surface area contributed by atoms with Crippen molar-refractivity contribution in [2.75, 3.05) is 6.61 Å². The molecule has 0 saturated carbocycles. The molecule has 0 aliphatic rings. The Hall–Kier alpha value is -0.860. The van der Waals surface area contributed by atoms with Gasteiger partial charge < -0.3 is 9.84 Å². The summed E-state index contributed by atoms with van der Waals surface area (Å²) in [5, 5.41) is 9.24. The first-order valence-corrected chi connectivity index (χ1v) is 6.48. The average molecular weight is 236 g/mol. The highest BCUT2D eigenvalue weighted by molar-refractivity contribution is 5.13. The van der Waals surface area contributed by atoms with Crippen LogP contribution in [0.3, 0.4) is 0 Å². The maximum Gasteiger partial charge on any atom is 0.0716 e. The smallest absolute Gasteiger partial charge is 0.0716 e. The first-order chi connectivity index (χ1) is 8.18. The van der Waals surface area contributed by atoms with Crippen molar-refractivity contribution in [3.05, 3.63) is 35.9 Å². The summed E-state index contributed by atoms with van der Waals surface area (Å²) < 4.78 is 5.61. The van der Waals surface area contributed by atoms with Crippen LogP contribution in [0.5, 0.6) is 0 Å². The van der Waals surface area contributed by atoms with Gasteiger partial charge in [0.2, 0.25) is 0 Å². The van der Waals surface area contributed by atoms with Crippen LogP contribution in [-0.2, 0) is 11.3 Å². The Bertz CT molecular complexity index is 282. The van der Waals surface area contributed by atoms with E-state index in [1.54, 1.807) is 0 Å². The fourth-order valence-electron chi connectivity index (χ4n) is 2.00. The van der Waals surface area contributed by atoms with E-state index >= 15 is 0 Å². The van der Waals surface area contributed by atoms with Crippen LogP contribution in [0.15, 0.2) is 30.3 Å². The molecule has 0 amide bonds. The summed E-state index contributed by atoms with van der Waals surface area (Å²) >= 11 is 0. The van der Waals surface area contributed by atoms with Gasteiger partial charge in [0.05, 0.1) is 12.7 Å². The van der Waals surface area contributed by atoms with Crippen LogP contribution in [0, 0.1) is 5.92 Å². The number of benzene rings is 1. The minimum absolute atomic E-state index is 0.185. The lowest BCUT2D eigenvalue weighted by atomic mass is 9.99. The lowest BCUT2D eigenvalue weighted by molar-refractivity contribution is 0.109. The molecule has 2 heteroatoms. The number of ether oxygens (including phenoxy) is 1. The van der Waals surface area contributed by atoms with Crippen molar-refractivity contribution in [1.82, 2.24) is 0 Å². The van der Waals surface area contributed by atoms with E-state index in [1.807, 2.05) is 25.1 Å². The van der Waals surface area contributed by atoms with Crippen molar-refractivity contribution in [3.63, 3.8) is 0 Å². The highest BCUT2D eigenvalue weighted by Crippen LogP contribution is 2.12. The van der Waals surface area contributed by atoms with E-state index in [0.717, 1.165) is 25.9 Å². The van der Waals surface area contributed by atoms with Crippen LogP contribution in [0.25, 0.3) is 0 Å². The largest absolute Gasteiger partial charge is 0.393 e. The second-order valence-corrected chi connectivity index (χ2v) is 4.87. The van der Waals surface area contributed by atoms with E-state index in [2.05, 4.69) is 19.1 Å². The maximum atomic E-state index is 9.24. The molecule has 1 N–H and O–H groups in total. The van der Waals surface area contributed by atoms with Gasteiger partial charge in [0.25, 0.3) is 0 Å². The fraction of sp³-hybridized carbons (Fsp3) is 0.600. The molecular formula is C15H24O2. The van der Waals surface area contributed by atoms with Gasteiger partial charge in [-0.05, 0) is 37.7 Å². The third kappa shape index (κ3) is 7.14. The standard InChI is InChI=1S/C15H24O2/c1-13(11-14(2)16)7-6-10-17-12-15-8-4-3-5-9-15/h3-5,8-9,13-14,16H,6-7,10-12H2,1-2H3. The van der Waals surface area contributed by atoms with E-state index in [0.29, 0.717) is 12.5 Å². The van der Waals surface area contributed by atoms with Gasteiger partial charge >= 0.3 is 0 Å². The summed E-state index contributed by atoms with van der Waals surface area (Å²) in [5.74, 6) is 0.579. The topological polar surface area (TPSA) is 29.5 Å². The Balaban J connectivity index is 2.01. The van der Waals surface area contributed by atoms with Crippen molar-refractivity contribution < 1.29 is 9.84 Å². The number of aliphatic hydroxyl groups excluding tert-OH is 1. The van der Waals surface area contributed by atoms with Crippen LogP contribution in [0.1, 0.15) is 38.7 Å². The van der Waals surface area contributed by atoms with Crippen molar-refractivity contribution >= 4 is 0 Å². The van der Waals surface area contributed by atoms with Gasteiger partial charge in [0, 0.05) is 6.61 Å². The predicted octanol–water partition coefficient (Wildman–Crippen LogP) is 3.39. The molecule has 0 aliphatic carbocycles. The minimum atomic E-state index is -0.185. The predicted molar refractivity (Wildman–Crippen MR) is 70.8 cm³/mol. The van der Waals surface area contributed by atoms with E-state index < -0.39 is 0 Å². The van der Waals surface area contributed by atoms with Crippen LogP contribution in [-0.4, -0.2) is 17.8 Å². The number of rotatable bonds is 8. The van der Waals surface area contributed by atoms with E-state index in [9.17, 15) is 5.11 Å². The Labute approximate surface area is 105 Å². The molecule has 2 atom stereocenters.